The molecule has 1 aromatic carbocycles. The van der Waals surface area contributed by atoms with Gasteiger partial charge in [-0.15, -0.1) is 11.6 Å². The Kier molecular flexibility index (Phi) is 5.59. The Hall–Kier alpha value is -0.930. The highest BCUT2D eigenvalue weighted by atomic mass is 35.5. The second kappa shape index (κ2) is 6.72. The minimum absolute atomic E-state index is 0.508. The van der Waals surface area contributed by atoms with Crippen LogP contribution in [-0.4, -0.2) is 5.88 Å². The highest BCUT2D eigenvalue weighted by Gasteiger charge is 2.11. The van der Waals surface area contributed by atoms with E-state index in [0.29, 0.717) is 17.7 Å². The Morgan fingerprint density at radius 3 is 2.00 bits per heavy atom. The quantitative estimate of drug-likeness (QED) is 0.527. The summed E-state index contributed by atoms with van der Waals surface area (Å²) >= 11 is 5.67. The molecule has 1 heteroatoms. The topological polar surface area (TPSA) is 0 Å². The second-order valence-electron chi connectivity index (χ2n) is 4.86. The summed E-state index contributed by atoms with van der Waals surface area (Å²) in [5, 5.41) is 0. The van der Waals surface area contributed by atoms with Crippen molar-refractivity contribution < 1.29 is 0 Å². The van der Waals surface area contributed by atoms with E-state index in [1.165, 1.54) is 16.7 Å². The van der Waals surface area contributed by atoms with Gasteiger partial charge in [0.05, 0.1) is 0 Å². The van der Waals surface area contributed by atoms with Gasteiger partial charge < -0.3 is 0 Å². The average molecular weight is 249 g/mol. The molecule has 0 heterocycles. The van der Waals surface area contributed by atoms with Crippen LogP contribution in [0.4, 0.5) is 0 Å². The van der Waals surface area contributed by atoms with Crippen LogP contribution in [0.3, 0.4) is 0 Å². The van der Waals surface area contributed by atoms with Gasteiger partial charge in [-0.05, 0) is 23.0 Å². The molecule has 17 heavy (non-hydrogen) atoms. The van der Waals surface area contributed by atoms with Crippen molar-refractivity contribution in [2.24, 2.45) is 0 Å². The van der Waals surface area contributed by atoms with E-state index in [1.807, 2.05) is 0 Å². The van der Waals surface area contributed by atoms with Crippen molar-refractivity contribution in [3.8, 4) is 11.8 Å². The summed E-state index contributed by atoms with van der Waals surface area (Å²) in [6.45, 7) is 8.86. The Morgan fingerprint density at radius 2 is 1.59 bits per heavy atom. The average Bonchev–Trinajstić information content (AvgIpc) is 2.28. The van der Waals surface area contributed by atoms with Crippen LogP contribution in [0.15, 0.2) is 18.2 Å². The van der Waals surface area contributed by atoms with Crippen molar-refractivity contribution in [3.63, 3.8) is 0 Å². The van der Waals surface area contributed by atoms with Crippen LogP contribution in [0.5, 0.6) is 0 Å². The standard InChI is InChI=1S/C16H21Cl/c1-12(2)14-9-7-10-15(13(3)4)16(14)8-5-6-11-17/h7,9-10,12-13H,6,11H2,1-4H3. The molecule has 0 saturated heterocycles. The summed E-state index contributed by atoms with van der Waals surface area (Å²) in [5.74, 6) is 8.09. The molecule has 0 bridgehead atoms. The lowest BCUT2D eigenvalue weighted by atomic mass is 9.89. The molecule has 0 unspecified atom stereocenters. The molecule has 0 saturated carbocycles. The van der Waals surface area contributed by atoms with E-state index in [1.54, 1.807) is 0 Å². The third kappa shape index (κ3) is 3.79. The molecule has 92 valence electrons. The maximum atomic E-state index is 5.67. The predicted molar refractivity (Wildman–Crippen MR) is 76.8 cm³/mol. The van der Waals surface area contributed by atoms with Crippen LogP contribution in [-0.2, 0) is 0 Å². The third-order valence-corrected chi connectivity index (χ3v) is 2.99. The fourth-order valence-electron chi connectivity index (χ4n) is 1.89. The molecule has 0 aliphatic heterocycles. The number of benzene rings is 1. The first-order valence-corrected chi connectivity index (χ1v) is 6.79. The first kappa shape index (κ1) is 14.1. The SMILES string of the molecule is CC(C)c1cccc(C(C)C)c1C#CCCCl. The first-order valence-electron chi connectivity index (χ1n) is 6.25. The highest BCUT2D eigenvalue weighted by Crippen LogP contribution is 2.26. The van der Waals surface area contributed by atoms with Crippen molar-refractivity contribution in [3.05, 3.63) is 34.9 Å². The molecule has 0 aromatic heterocycles. The van der Waals surface area contributed by atoms with E-state index in [0.717, 1.165) is 6.42 Å². The highest BCUT2D eigenvalue weighted by molar-refractivity contribution is 6.18. The minimum Gasteiger partial charge on any atom is -0.126 e. The smallest absolute Gasteiger partial charge is 0.0333 e. The van der Waals surface area contributed by atoms with Crippen LogP contribution in [0.1, 0.15) is 62.6 Å². The summed E-state index contributed by atoms with van der Waals surface area (Å²) in [6.07, 6.45) is 0.755. The van der Waals surface area contributed by atoms with Gasteiger partial charge in [0.15, 0.2) is 0 Å². The van der Waals surface area contributed by atoms with E-state index < -0.39 is 0 Å². The normalized spacial score (nSPS) is 10.5. The van der Waals surface area contributed by atoms with E-state index in [9.17, 15) is 0 Å². The molecule has 0 nitrogen and oxygen atoms in total. The van der Waals surface area contributed by atoms with Gasteiger partial charge >= 0.3 is 0 Å². The number of rotatable bonds is 3. The minimum atomic E-state index is 0.508. The molecule has 0 aliphatic rings. The molecule has 0 aliphatic carbocycles. The molecule has 0 N–H and O–H groups in total. The Labute approximate surface area is 110 Å². The lowest BCUT2D eigenvalue weighted by molar-refractivity contribution is 0.828. The van der Waals surface area contributed by atoms with Gasteiger partial charge in [-0.2, -0.15) is 0 Å². The molecule has 0 amide bonds. The third-order valence-electron chi connectivity index (χ3n) is 2.81. The number of alkyl halides is 1. The van der Waals surface area contributed by atoms with Gasteiger partial charge in [0, 0.05) is 17.9 Å². The fraction of sp³-hybridized carbons (Fsp3) is 0.500. The largest absolute Gasteiger partial charge is 0.126 e. The number of hydrogen-bond donors (Lipinski definition) is 0. The summed E-state index contributed by atoms with van der Waals surface area (Å²) in [6, 6.07) is 6.50. The van der Waals surface area contributed by atoms with E-state index in [4.69, 9.17) is 11.6 Å². The summed E-state index contributed by atoms with van der Waals surface area (Å²) in [5.41, 5.74) is 3.90. The van der Waals surface area contributed by atoms with Crippen LogP contribution in [0.25, 0.3) is 0 Å². The van der Waals surface area contributed by atoms with Crippen LogP contribution in [0, 0.1) is 11.8 Å². The Morgan fingerprint density at radius 1 is 1.06 bits per heavy atom. The van der Waals surface area contributed by atoms with Gasteiger partial charge in [-0.25, -0.2) is 0 Å². The zero-order valence-electron chi connectivity index (χ0n) is 11.2. The summed E-state index contributed by atoms with van der Waals surface area (Å²) < 4.78 is 0. The van der Waals surface area contributed by atoms with Crippen molar-refractivity contribution in [1.82, 2.24) is 0 Å². The molecule has 0 fully saturated rings. The van der Waals surface area contributed by atoms with Gasteiger partial charge in [0.2, 0.25) is 0 Å². The molecule has 0 atom stereocenters. The van der Waals surface area contributed by atoms with Crippen molar-refractivity contribution in [1.29, 1.82) is 0 Å². The van der Waals surface area contributed by atoms with Gasteiger partial charge in [0.25, 0.3) is 0 Å². The van der Waals surface area contributed by atoms with Crippen molar-refractivity contribution in [2.75, 3.05) is 5.88 Å². The molecule has 1 aromatic rings. The second-order valence-corrected chi connectivity index (χ2v) is 5.24. The van der Waals surface area contributed by atoms with Crippen molar-refractivity contribution >= 4 is 11.6 Å². The Bertz CT molecular complexity index is 393. The molecule has 0 radical (unpaired) electrons. The monoisotopic (exact) mass is 248 g/mol. The molecular formula is C16H21Cl. The number of halogens is 1. The zero-order valence-corrected chi connectivity index (χ0v) is 11.9. The first-order chi connectivity index (χ1) is 8.07. The summed E-state index contributed by atoms with van der Waals surface area (Å²) in [4.78, 5) is 0. The van der Waals surface area contributed by atoms with Gasteiger partial charge in [0.1, 0.15) is 0 Å². The lowest BCUT2D eigenvalue weighted by Crippen LogP contribution is -2.00. The van der Waals surface area contributed by atoms with Gasteiger partial charge in [-0.3, -0.25) is 0 Å². The van der Waals surface area contributed by atoms with Crippen LogP contribution in [0.2, 0.25) is 0 Å². The lowest BCUT2D eigenvalue weighted by Gasteiger charge is -2.15. The maximum absolute atomic E-state index is 5.67. The molecule has 1 rings (SSSR count). The predicted octanol–water partition coefficient (Wildman–Crippen LogP) is 4.91. The van der Waals surface area contributed by atoms with E-state index >= 15 is 0 Å². The van der Waals surface area contributed by atoms with E-state index in [-0.39, 0.29) is 0 Å². The summed E-state index contributed by atoms with van der Waals surface area (Å²) in [7, 11) is 0. The van der Waals surface area contributed by atoms with Gasteiger partial charge in [-0.1, -0.05) is 57.7 Å². The fourth-order valence-corrected chi connectivity index (χ4v) is 1.99. The molecule has 0 spiro atoms. The van der Waals surface area contributed by atoms with Crippen LogP contribution < -0.4 is 0 Å². The van der Waals surface area contributed by atoms with E-state index in [2.05, 4.69) is 57.7 Å². The maximum Gasteiger partial charge on any atom is 0.0333 e. The van der Waals surface area contributed by atoms with Crippen LogP contribution >= 0.6 is 11.6 Å². The Balaban J connectivity index is 3.25. The zero-order chi connectivity index (χ0) is 12.8. The van der Waals surface area contributed by atoms with Crippen molar-refractivity contribution in [2.45, 2.75) is 46.0 Å². The number of hydrogen-bond acceptors (Lipinski definition) is 0. The molecular weight excluding hydrogens is 228 g/mol.